The summed E-state index contributed by atoms with van der Waals surface area (Å²) >= 11 is 0. The summed E-state index contributed by atoms with van der Waals surface area (Å²) in [6.45, 7) is 2.84. The topological polar surface area (TPSA) is 69.6 Å². The van der Waals surface area contributed by atoms with Gasteiger partial charge in [0.1, 0.15) is 0 Å². The molecule has 0 atom stereocenters. The molecule has 1 amide bonds. The predicted molar refractivity (Wildman–Crippen MR) is 71.8 cm³/mol. The summed E-state index contributed by atoms with van der Waals surface area (Å²) in [6, 6.07) is 0.453. The number of nitrogens with zero attached hydrogens (tertiary/aromatic N) is 1. The summed E-state index contributed by atoms with van der Waals surface area (Å²) in [5.74, 6) is 0.0299. The lowest BCUT2D eigenvalue weighted by atomic mass is 9.92. The largest absolute Gasteiger partial charge is 0.481 e. The molecule has 0 bridgehead atoms. The van der Waals surface area contributed by atoms with Gasteiger partial charge in [-0.1, -0.05) is 0 Å². The molecule has 2 N–H and O–H groups in total. The highest BCUT2D eigenvalue weighted by Crippen LogP contribution is 2.22. The Balaban J connectivity index is 1.55. The molecule has 2 rings (SSSR count). The molecular weight excluding hydrogens is 244 g/mol. The third-order valence-electron chi connectivity index (χ3n) is 4.07. The summed E-state index contributed by atoms with van der Waals surface area (Å²) in [4.78, 5) is 24.4. The van der Waals surface area contributed by atoms with E-state index >= 15 is 0 Å². The number of aliphatic carboxylic acids is 1. The molecule has 0 aromatic rings. The maximum absolute atomic E-state index is 11.6. The maximum Gasteiger partial charge on any atom is 0.303 e. The Morgan fingerprint density at radius 2 is 1.79 bits per heavy atom. The van der Waals surface area contributed by atoms with E-state index in [0.717, 1.165) is 51.7 Å². The number of hydrogen-bond donors (Lipinski definition) is 2. The van der Waals surface area contributed by atoms with Crippen LogP contribution < -0.4 is 5.32 Å². The Labute approximate surface area is 114 Å². The van der Waals surface area contributed by atoms with Gasteiger partial charge >= 0.3 is 5.97 Å². The van der Waals surface area contributed by atoms with Crippen LogP contribution in [0.4, 0.5) is 0 Å². The minimum atomic E-state index is -0.695. The predicted octanol–water partition coefficient (Wildman–Crippen LogP) is 1.23. The minimum Gasteiger partial charge on any atom is -0.481 e. The van der Waals surface area contributed by atoms with Crippen molar-refractivity contribution in [3.8, 4) is 0 Å². The van der Waals surface area contributed by atoms with Crippen molar-refractivity contribution in [3.63, 3.8) is 0 Å². The van der Waals surface area contributed by atoms with E-state index in [4.69, 9.17) is 5.11 Å². The molecule has 0 unspecified atom stereocenters. The van der Waals surface area contributed by atoms with Crippen molar-refractivity contribution in [2.24, 2.45) is 5.92 Å². The van der Waals surface area contributed by atoms with Crippen LogP contribution in [0.25, 0.3) is 0 Å². The van der Waals surface area contributed by atoms with Gasteiger partial charge in [-0.05, 0) is 51.1 Å². The van der Waals surface area contributed by atoms with Gasteiger partial charge in [0.05, 0.1) is 0 Å². The number of hydrogen-bond acceptors (Lipinski definition) is 3. The first kappa shape index (κ1) is 14.3. The van der Waals surface area contributed by atoms with Crippen molar-refractivity contribution in [1.29, 1.82) is 0 Å². The molecule has 1 aliphatic carbocycles. The van der Waals surface area contributed by atoms with Gasteiger partial charge in [0.25, 0.3) is 0 Å². The van der Waals surface area contributed by atoms with Crippen molar-refractivity contribution in [3.05, 3.63) is 0 Å². The van der Waals surface area contributed by atoms with Crippen LogP contribution in [0.5, 0.6) is 0 Å². The second-order valence-electron chi connectivity index (χ2n) is 5.81. The third kappa shape index (κ3) is 5.59. The molecule has 5 nitrogen and oxygen atoms in total. The van der Waals surface area contributed by atoms with Crippen molar-refractivity contribution in [2.75, 3.05) is 19.6 Å². The molecule has 0 radical (unpaired) electrons. The number of piperidine rings is 1. The highest BCUT2D eigenvalue weighted by molar-refractivity contribution is 5.76. The Morgan fingerprint density at radius 3 is 2.37 bits per heavy atom. The van der Waals surface area contributed by atoms with E-state index in [2.05, 4.69) is 10.2 Å². The summed E-state index contributed by atoms with van der Waals surface area (Å²) in [6.07, 6.45) is 6.09. The van der Waals surface area contributed by atoms with Crippen LogP contribution in [-0.2, 0) is 9.59 Å². The monoisotopic (exact) mass is 268 g/mol. The van der Waals surface area contributed by atoms with Crippen molar-refractivity contribution >= 4 is 11.9 Å². The molecule has 108 valence electrons. The van der Waals surface area contributed by atoms with E-state index in [-0.39, 0.29) is 12.3 Å². The Kier molecular flexibility index (Phi) is 5.19. The number of carboxylic acid groups (broad SMARTS) is 1. The van der Waals surface area contributed by atoms with E-state index in [1.54, 1.807) is 0 Å². The summed E-state index contributed by atoms with van der Waals surface area (Å²) in [5.41, 5.74) is 0. The van der Waals surface area contributed by atoms with Gasteiger partial charge in [0.2, 0.25) is 5.91 Å². The molecule has 0 aromatic heterocycles. The van der Waals surface area contributed by atoms with Gasteiger partial charge in [-0.2, -0.15) is 0 Å². The van der Waals surface area contributed by atoms with Crippen molar-refractivity contribution in [2.45, 2.75) is 51.0 Å². The summed E-state index contributed by atoms with van der Waals surface area (Å²) < 4.78 is 0. The Bertz CT molecular complexity index is 321. The number of carbonyl (C=O) groups is 2. The first-order valence-electron chi connectivity index (χ1n) is 7.37. The summed E-state index contributed by atoms with van der Waals surface area (Å²) in [5, 5.41) is 11.7. The molecule has 19 heavy (non-hydrogen) atoms. The van der Waals surface area contributed by atoms with Crippen LogP contribution in [0.2, 0.25) is 0 Å². The lowest BCUT2D eigenvalue weighted by Gasteiger charge is -2.31. The summed E-state index contributed by atoms with van der Waals surface area (Å²) in [7, 11) is 0. The highest BCUT2D eigenvalue weighted by Gasteiger charge is 2.24. The zero-order valence-corrected chi connectivity index (χ0v) is 11.4. The fourth-order valence-electron chi connectivity index (χ4n) is 2.61. The smallest absolute Gasteiger partial charge is 0.303 e. The number of rotatable bonds is 7. The SMILES string of the molecule is O=C(O)CCC1CCN(CCC(=O)NC2CC2)CC1. The van der Waals surface area contributed by atoms with Gasteiger partial charge in [-0.15, -0.1) is 0 Å². The van der Waals surface area contributed by atoms with E-state index in [1.807, 2.05) is 0 Å². The molecule has 1 aliphatic heterocycles. The van der Waals surface area contributed by atoms with Crippen LogP contribution in [0.15, 0.2) is 0 Å². The maximum atomic E-state index is 11.6. The average molecular weight is 268 g/mol. The number of carbonyl (C=O) groups excluding carboxylic acids is 1. The minimum absolute atomic E-state index is 0.176. The van der Waals surface area contributed by atoms with E-state index in [1.165, 1.54) is 0 Å². The fourth-order valence-corrected chi connectivity index (χ4v) is 2.61. The van der Waals surface area contributed by atoms with E-state index < -0.39 is 5.97 Å². The molecule has 2 fully saturated rings. The first-order chi connectivity index (χ1) is 9.13. The quantitative estimate of drug-likeness (QED) is 0.728. The average Bonchev–Trinajstić information content (AvgIpc) is 3.19. The van der Waals surface area contributed by atoms with Crippen LogP contribution in [0.1, 0.15) is 44.9 Å². The Morgan fingerprint density at radius 1 is 1.11 bits per heavy atom. The molecule has 1 saturated carbocycles. The highest BCUT2D eigenvalue weighted by atomic mass is 16.4. The second-order valence-corrected chi connectivity index (χ2v) is 5.81. The van der Waals surface area contributed by atoms with Crippen molar-refractivity contribution in [1.82, 2.24) is 10.2 Å². The molecular formula is C14H24N2O3. The van der Waals surface area contributed by atoms with Crippen LogP contribution in [0, 0.1) is 5.92 Å². The lowest BCUT2D eigenvalue weighted by Crippen LogP contribution is -2.37. The van der Waals surface area contributed by atoms with Gasteiger partial charge in [-0.3, -0.25) is 9.59 Å². The first-order valence-corrected chi connectivity index (χ1v) is 7.37. The second kappa shape index (κ2) is 6.89. The molecule has 1 saturated heterocycles. The van der Waals surface area contributed by atoms with Crippen LogP contribution in [0.3, 0.4) is 0 Å². The normalized spacial score (nSPS) is 21.3. The standard InChI is InChI=1S/C14H24N2O3/c17-13(15-12-2-3-12)7-10-16-8-5-11(6-9-16)1-4-14(18)19/h11-12H,1-10H2,(H,15,17)(H,18,19). The number of nitrogens with one attached hydrogen (secondary N) is 1. The number of carboxylic acids is 1. The third-order valence-corrected chi connectivity index (χ3v) is 4.07. The molecule has 0 spiro atoms. The zero-order valence-electron chi connectivity index (χ0n) is 11.4. The Hall–Kier alpha value is -1.10. The van der Waals surface area contributed by atoms with Crippen molar-refractivity contribution < 1.29 is 14.7 Å². The molecule has 1 heterocycles. The number of likely N-dealkylation sites (tertiary alicyclic amines) is 1. The van der Waals surface area contributed by atoms with E-state index in [9.17, 15) is 9.59 Å². The van der Waals surface area contributed by atoms with Gasteiger partial charge in [0.15, 0.2) is 0 Å². The van der Waals surface area contributed by atoms with Gasteiger partial charge in [0, 0.05) is 25.4 Å². The van der Waals surface area contributed by atoms with E-state index in [0.29, 0.717) is 18.4 Å². The zero-order chi connectivity index (χ0) is 13.7. The fraction of sp³-hybridized carbons (Fsp3) is 0.857. The number of amides is 1. The molecule has 5 heteroatoms. The van der Waals surface area contributed by atoms with Gasteiger partial charge < -0.3 is 15.3 Å². The van der Waals surface area contributed by atoms with Crippen LogP contribution in [-0.4, -0.2) is 47.6 Å². The van der Waals surface area contributed by atoms with Crippen LogP contribution >= 0.6 is 0 Å². The molecule has 2 aliphatic rings. The lowest BCUT2D eigenvalue weighted by molar-refractivity contribution is -0.137. The molecule has 0 aromatic carbocycles. The van der Waals surface area contributed by atoms with Gasteiger partial charge in [-0.25, -0.2) is 0 Å².